The minimum atomic E-state index is -0.652. The minimum absolute atomic E-state index is 0.0783. The summed E-state index contributed by atoms with van der Waals surface area (Å²) in [5.74, 6) is 0.432. The first-order valence-corrected chi connectivity index (χ1v) is 8.64. The molecule has 3 N–H and O–H groups in total. The number of anilines is 1. The first-order valence-electron chi connectivity index (χ1n) is 8.64. The molecule has 1 aliphatic carbocycles. The molecule has 3 rings (SSSR count). The molecule has 1 heterocycles. The van der Waals surface area contributed by atoms with Gasteiger partial charge in [-0.2, -0.15) is 5.10 Å². The summed E-state index contributed by atoms with van der Waals surface area (Å²) in [7, 11) is 0. The molecule has 1 aliphatic rings. The molecule has 0 radical (unpaired) electrons. The van der Waals surface area contributed by atoms with Crippen LogP contribution in [0.3, 0.4) is 0 Å². The van der Waals surface area contributed by atoms with Crippen molar-refractivity contribution in [2.75, 3.05) is 5.32 Å². The summed E-state index contributed by atoms with van der Waals surface area (Å²) < 4.78 is 0. The van der Waals surface area contributed by atoms with Crippen molar-refractivity contribution in [1.29, 1.82) is 0 Å². The highest BCUT2D eigenvalue weighted by molar-refractivity contribution is 6.39. The Balaban J connectivity index is 1.63. The topological polar surface area (TPSA) is 99.8 Å². The van der Waals surface area contributed by atoms with Crippen LogP contribution in [0.2, 0.25) is 0 Å². The number of nitrogens with one attached hydrogen (secondary N) is 3. The summed E-state index contributed by atoms with van der Waals surface area (Å²) in [6.07, 6.45) is 4.30. The van der Waals surface area contributed by atoms with Gasteiger partial charge in [0.25, 0.3) is 0 Å². The Morgan fingerprint density at radius 1 is 1.20 bits per heavy atom. The molecule has 7 heteroatoms. The number of aryl methyl sites for hydroxylation is 1. The van der Waals surface area contributed by atoms with Crippen molar-refractivity contribution in [3.63, 3.8) is 0 Å². The number of hydrogen-bond acceptors (Lipinski definition) is 4. The maximum Gasteiger partial charge on any atom is 0.313 e. The van der Waals surface area contributed by atoms with E-state index in [2.05, 4.69) is 32.7 Å². The van der Waals surface area contributed by atoms with E-state index in [9.17, 15) is 9.59 Å². The lowest BCUT2D eigenvalue weighted by Crippen LogP contribution is -2.45. The van der Waals surface area contributed by atoms with Gasteiger partial charge in [0.1, 0.15) is 5.82 Å². The van der Waals surface area contributed by atoms with Crippen LogP contribution in [0, 0.1) is 12.8 Å². The van der Waals surface area contributed by atoms with E-state index in [4.69, 9.17) is 0 Å². The molecule has 0 bridgehead atoms. The van der Waals surface area contributed by atoms with Crippen molar-refractivity contribution >= 4 is 17.5 Å². The maximum atomic E-state index is 12.2. The number of aromatic amines is 1. The Kier molecular flexibility index (Phi) is 5.11. The summed E-state index contributed by atoms with van der Waals surface area (Å²) in [5, 5.41) is 12.4. The first kappa shape index (κ1) is 17.1. The molecule has 1 saturated carbocycles. The molecule has 2 atom stereocenters. The number of hydrogen-bond donors (Lipinski definition) is 3. The summed E-state index contributed by atoms with van der Waals surface area (Å²) in [4.78, 5) is 28.6. The van der Waals surface area contributed by atoms with Gasteiger partial charge in [0.15, 0.2) is 5.82 Å². The average Bonchev–Trinajstić information content (AvgIpc) is 3.03. The third-order valence-electron chi connectivity index (χ3n) is 4.61. The van der Waals surface area contributed by atoms with Crippen molar-refractivity contribution < 1.29 is 9.59 Å². The predicted octanol–water partition coefficient (Wildman–Crippen LogP) is 2.41. The molecule has 7 nitrogen and oxygen atoms in total. The van der Waals surface area contributed by atoms with Crippen LogP contribution in [0.1, 0.15) is 38.4 Å². The predicted molar refractivity (Wildman–Crippen MR) is 94.7 cm³/mol. The summed E-state index contributed by atoms with van der Waals surface area (Å²) in [6, 6.07) is 7.20. The van der Waals surface area contributed by atoms with E-state index in [0.29, 0.717) is 23.3 Å². The molecule has 1 aromatic heterocycles. The highest BCUT2D eigenvalue weighted by atomic mass is 16.2. The van der Waals surface area contributed by atoms with Gasteiger partial charge in [-0.05, 0) is 37.8 Å². The number of amides is 2. The van der Waals surface area contributed by atoms with Crippen LogP contribution in [-0.2, 0) is 9.59 Å². The molecular weight excluding hydrogens is 318 g/mol. The molecule has 25 heavy (non-hydrogen) atoms. The second-order valence-corrected chi connectivity index (χ2v) is 6.62. The lowest BCUT2D eigenvalue weighted by atomic mass is 9.86. The van der Waals surface area contributed by atoms with Crippen molar-refractivity contribution in [2.24, 2.45) is 5.92 Å². The molecule has 0 unspecified atom stereocenters. The van der Waals surface area contributed by atoms with Gasteiger partial charge in [-0.15, -0.1) is 0 Å². The normalized spacial score (nSPS) is 20.1. The highest BCUT2D eigenvalue weighted by Gasteiger charge is 2.25. The molecule has 1 fully saturated rings. The summed E-state index contributed by atoms with van der Waals surface area (Å²) in [5.41, 5.74) is 1.31. The lowest BCUT2D eigenvalue weighted by Gasteiger charge is -2.29. The lowest BCUT2D eigenvalue weighted by molar-refractivity contribution is -0.137. The van der Waals surface area contributed by atoms with Gasteiger partial charge in [-0.1, -0.05) is 31.9 Å². The van der Waals surface area contributed by atoms with Gasteiger partial charge in [0.2, 0.25) is 0 Å². The standard InChI is InChI=1S/C18H23N5O2/c1-11-6-3-4-9-15(11)21-18(25)17(24)20-14-8-5-7-13(10-14)16-19-12(2)22-23-16/h5,7-8,10-11,15H,3-4,6,9H2,1-2H3,(H,20,24)(H,21,25)(H,19,22,23)/t11-,15+/m1/s1. The fraction of sp³-hybridized carbons (Fsp3) is 0.444. The van der Waals surface area contributed by atoms with Gasteiger partial charge >= 0.3 is 11.8 Å². The zero-order valence-corrected chi connectivity index (χ0v) is 14.5. The smallest absolute Gasteiger partial charge is 0.313 e. The number of rotatable bonds is 3. The molecule has 2 amide bonds. The SMILES string of the molecule is Cc1nc(-c2cccc(NC(=O)C(=O)N[C@H]3CCCC[C@H]3C)c2)n[nH]1. The van der Waals surface area contributed by atoms with E-state index < -0.39 is 11.8 Å². The van der Waals surface area contributed by atoms with Crippen molar-refractivity contribution in [3.05, 3.63) is 30.1 Å². The van der Waals surface area contributed by atoms with E-state index >= 15 is 0 Å². The second kappa shape index (κ2) is 7.46. The number of H-pyrrole nitrogens is 1. The van der Waals surface area contributed by atoms with Crippen molar-refractivity contribution in [3.8, 4) is 11.4 Å². The Bertz CT molecular complexity index is 770. The van der Waals surface area contributed by atoms with Crippen LogP contribution < -0.4 is 10.6 Å². The van der Waals surface area contributed by atoms with Gasteiger partial charge in [0.05, 0.1) is 0 Å². The van der Waals surface area contributed by atoms with Gasteiger partial charge in [-0.3, -0.25) is 14.7 Å². The Labute approximate surface area is 146 Å². The maximum absolute atomic E-state index is 12.2. The third-order valence-corrected chi connectivity index (χ3v) is 4.61. The van der Waals surface area contributed by atoms with Crippen LogP contribution >= 0.6 is 0 Å². The van der Waals surface area contributed by atoms with E-state index in [1.54, 1.807) is 18.2 Å². The first-order chi connectivity index (χ1) is 12.0. The van der Waals surface area contributed by atoms with Crippen LogP contribution in [0.15, 0.2) is 24.3 Å². The number of aromatic nitrogens is 3. The Morgan fingerprint density at radius 2 is 2.00 bits per heavy atom. The largest absolute Gasteiger partial charge is 0.345 e. The monoisotopic (exact) mass is 341 g/mol. The number of nitrogens with zero attached hydrogens (tertiary/aromatic N) is 2. The van der Waals surface area contributed by atoms with Crippen LogP contribution in [0.5, 0.6) is 0 Å². The van der Waals surface area contributed by atoms with E-state index in [1.165, 1.54) is 6.42 Å². The quantitative estimate of drug-likeness (QED) is 0.746. The Hall–Kier alpha value is -2.70. The Morgan fingerprint density at radius 3 is 2.72 bits per heavy atom. The molecule has 0 aliphatic heterocycles. The van der Waals surface area contributed by atoms with E-state index in [0.717, 1.165) is 24.8 Å². The number of benzene rings is 1. The van der Waals surface area contributed by atoms with Crippen molar-refractivity contribution in [2.45, 2.75) is 45.6 Å². The minimum Gasteiger partial charge on any atom is -0.345 e. The third kappa shape index (κ3) is 4.23. The van der Waals surface area contributed by atoms with Crippen LogP contribution in [0.25, 0.3) is 11.4 Å². The summed E-state index contributed by atoms with van der Waals surface area (Å²) in [6.45, 7) is 3.93. The second-order valence-electron chi connectivity index (χ2n) is 6.62. The number of carbonyl (C=O) groups is 2. The van der Waals surface area contributed by atoms with E-state index in [-0.39, 0.29) is 6.04 Å². The number of carbonyl (C=O) groups excluding carboxylic acids is 2. The van der Waals surface area contributed by atoms with Crippen molar-refractivity contribution in [1.82, 2.24) is 20.5 Å². The van der Waals surface area contributed by atoms with Crippen LogP contribution in [0.4, 0.5) is 5.69 Å². The van der Waals surface area contributed by atoms with Gasteiger partial charge in [-0.25, -0.2) is 4.98 Å². The fourth-order valence-electron chi connectivity index (χ4n) is 3.16. The average molecular weight is 341 g/mol. The fourth-order valence-corrected chi connectivity index (χ4v) is 3.16. The molecule has 1 aromatic carbocycles. The zero-order valence-electron chi connectivity index (χ0n) is 14.5. The van der Waals surface area contributed by atoms with Crippen LogP contribution in [-0.4, -0.2) is 33.0 Å². The highest BCUT2D eigenvalue weighted by Crippen LogP contribution is 2.24. The summed E-state index contributed by atoms with van der Waals surface area (Å²) >= 11 is 0. The molecule has 2 aromatic rings. The molecule has 0 spiro atoms. The van der Waals surface area contributed by atoms with Gasteiger partial charge < -0.3 is 10.6 Å². The van der Waals surface area contributed by atoms with Gasteiger partial charge in [0, 0.05) is 17.3 Å². The zero-order chi connectivity index (χ0) is 17.8. The molecule has 132 valence electrons. The van der Waals surface area contributed by atoms with E-state index in [1.807, 2.05) is 13.0 Å². The molecular formula is C18H23N5O2. The molecule has 0 saturated heterocycles.